The van der Waals surface area contributed by atoms with Crippen LogP contribution in [0.5, 0.6) is 0 Å². The van der Waals surface area contributed by atoms with Crippen molar-refractivity contribution < 1.29 is 17.9 Å². The SMILES string of the molecule is Nc1cccn1CCC(NS(=O)(=O)c1cccc2[nH]ccc12)C(=O)N1CCCOCC1. The third-order valence-corrected chi connectivity index (χ3v) is 7.03. The third kappa shape index (κ3) is 4.76. The molecular formula is C21H27N5O4S. The Hall–Kier alpha value is -2.82. The quantitative estimate of drug-likeness (QED) is 0.509. The molecule has 0 spiro atoms. The van der Waals surface area contributed by atoms with Crippen LogP contribution in [0.2, 0.25) is 0 Å². The van der Waals surface area contributed by atoms with E-state index in [2.05, 4.69) is 9.71 Å². The number of anilines is 1. The zero-order chi connectivity index (χ0) is 21.8. The molecule has 9 nitrogen and oxygen atoms in total. The van der Waals surface area contributed by atoms with Crippen molar-refractivity contribution in [2.45, 2.75) is 30.3 Å². The lowest BCUT2D eigenvalue weighted by Crippen LogP contribution is -2.49. The molecule has 1 unspecified atom stereocenters. The van der Waals surface area contributed by atoms with Crippen LogP contribution in [0.4, 0.5) is 5.82 Å². The summed E-state index contributed by atoms with van der Waals surface area (Å²) in [6, 6.07) is 9.41. The van der Waals surface area contributed by atoms with Crippen LogP contribution in [-0.4, -0.2) is 61.1 Å². The summed E-state index contributed by atoms with van der Waals surface area (Å²) in [6.45, 7) is 2.43. The molecule has 1 atom stereocenters. The third-order valence-electron chi connectivity index (χ3n) is 5.50. The van der Waals surface area contributed by atoms with Gasteiger partial charge in [-0.25, -0.2) is 8.42 Å². The average molecular weight is 446 g/mol. The second-order valence-corrected chi connectivity index (χ2v) is 9.26. The number of aromatic amines is 1. The van der Waals surface area contributed by atoms with Gasteiger partial charge in [0, 0.05) is 49.5 Å². The summed E-state index contributed by atoms with van der Waals surface area (Å²) in [5.41, 5.74) is 6.66. The molecular weight excluding hydrogens is 418 g/mol. The van der Waals surface area contributed by atoms with Gasteiger partial charge < -0.3 is 24.9 Å². The van der Waals surface area contributed by atoms with Crippen molar-refractivity contribution in [3.8, 4) is 0 Å². The van der Waals surface area contributed by atoms with Crippen molar-refractivity contribution in [1.82, 2.24) is 19.2 Å². The molecule has 1 amide bonds. The monoisotopic (exact) mass is 445 g/mol. The number of aromatic nitrogens is 2. The Bertz CT molecular complexity index is 1150. The van der Waals surface area contributed by atoms with Gasteiger partial charge in [0.25, 0.3) is 0 Å². The number of amides is 1. The molecule has 4 N–H and O–H groups in total. The number of nitrogens with zero attached hydrogens (tertiary/aromatic N) is 2. The highest BCUT2D eigenvalue weighted by Gasteiger charge is 2.30. The zero-order valence-corrected chi connectivity index (χ0v) is 18.0. The maximum absolute atomic E-state index is 13.3. The molecule has 4 rings (SSSR count). The molecule has 0 radical (unpaired) electrons. The number of aryl methyl sites for hydroxylation is 1. The number of nitrogen functional groups attached to an aromatic ring is 1. The highest BCUT2D eigenvalue weighted by Crippen LogP contribution is 2.23. The lowest BCUT2D eigenvalue weighted by molar-refractivity contribution is -0.133. The second-order valence-electron chi connectivity index (χ2n) is 7.58. The normalized spacial score (nSPS) is 16.3. The van der Waals surface area contributed by atoms with E-state index in [-0.39, 0.29) is 17.2 Å². The molecule has 1 fully saturated rings. The molecule has 31 heavy (non-hydrogen) atoms. The number of nitrogens with one attached hydrogen (secondary N) is 2. The number of ether oxygens (including phenoxy) is 1. The Kier molecular flexibility index (Phi) is 6.30. The van der Waals surface area contributed by atoms with E-state index in [1.54, 1.807) is 39.9 Å². The second kappa shape index (κ2) is 9.13. The number of sulfonamides is 1. The van der Waals surface area contributed by atoms with E-state index in [9.17, 15) is 13.2 Å². The minimum Gasteiger partial charge on any atom is -0.385 e. The molecule has 1 aliphatic heterocycles. The number of carbonyl (C=O) groups excluding carboxylic acids is 1. The van der Waals surface area contributed by atoms with Crippen LogP contribution in [0, 0.1) is 0 Å². The molecule has 1 aliphatic rings. The molecule has 0 saturated carbocycles. The topological polar surface area (TPSA) is 122 Å². The number of hydrogen-bond acceptors (Lipinski definition) is 5. The molecule has 1 aromatic carbocycles. The standard InChI is InChI=1S/C21H27N5O4S/c22-20-6-2-10-25(20)12-8-18(21(27)26-11-3-14-30-15-13-26)24-31(28,29)19-5-1-4-17-16(19)7-9-23-17/h1-2,4-7,9-10,18,23-24H,3,8,11-15,22H2. The fourth-order valence-corrected chi connectivity index (χ4v) is 5.31. The number of hydrogen-bond donors (Lipinski definition) is 3. The van der Waals surface area contributed by atoms with E-state index in [1.165, 1.54) is 0 Å². The van der Waals surface area contributed by atoms with Crippen LogP contribution in [-0.2, 0) is 26.1 Å². The highest BCUT2D eigenvalue weighted by atomic mass is 32.2. The molecule has 0 aliphatic carbocycles. The van der Waals surface area contributed by atoms with Gasteiger partial charge in [-0.05, 0) is 43.2 Å². The maximum atomic E-state index is 13.3. The lowest BCUT2D eigenvalue weighted by Gasteiger charge is -2.26. The lowest BCUT2D eigenvalue weighted by atomic mass is 10.2. The van der Waals surface area contributed by atoms with Gasteiger partial charge in [0.2, 0.25) is 15.9 Å². The number of fused-ring (bicyclic) bond motifs is 1. The Labute approximate surface area is 181 Å². The summed E-state index contributed by atoms with van der Waals surface area (Å²) in [4.78, 5) is 18.2. The van der Waals surface area contributed by atoms with Gasteiger partial charge in [0.15, 0.2) is 0 Å². The maximum Gasteiger partial charge on any atom is 0.241 e. The van der Waals surface area contributed by atoms with Crippen molar-refractivity contribution in [1.29, 1.82) is 0 Å². The summed E-state index contributed by atoms with van der Waals surface area (Å²) in [5.74, 6) is 0.315. The van der Waals surface area contributed by atoms with Gasteiger partial charge in [0.1, 0.15) is 11.9 Å². The molecule has 10 heteroatoms. The first kappa shape index (κ1) is 21.4. The van der Waals surface area contributed by atoms with Gasteiger partial charge in [-0.15, -0.1) is 0 Å². The summed E-state index contributed by atoms with van der Waals surface area (Å²) in [7, 11) is -3.94. The van der Waals surface area contributed by atoms with Gasteiger partial charge in [-0.2, -0.15) is 4.72 Å². The Balaban J connectivity index is 1.60. The smallest absolute Gasteiger partial charge is 0.241 e. The summed E-state index contributed by atoms with van der Waals surface area (Å²) >= 11 is 0. The number of nitrogens with two attached hydrogens (primary N) is 1. The Morgan fingerprint density at radius 3 is 2.87 bits per heavy atom. The molecule has 0 bridgehead atoms. The van der Waals surface area contributed by atoms with Crippen molar-refractivity contribution in [3.05, 3.63) is 48.8 Å². The van der Waals surface area contributed by atoms with Crippen molar-refractivity contribution in [3.63, 3.8) is 0 Å². The van der Waals surface area contributed by atoms with Gasteiger partial charge >= 0.3 is 0 Å². The summed E-state index contributed by atoms with van der Waals surface area (Å²) < 4.78 is 36.5. The number of benzene rings is 1. The van der Waals surface area contributed by atoms with Crippen molar-refractivity contribution in [2.24, 2.45) is 0 Å². The zero-order valence-electron chi connectivity index (χ0n) is 17.2. The van der Waals surface area contributed by atoms with Crippen LogP contribution in [0.15, 0.2) is 53.7 Å². The summed E-state index contributed by atoms with van der Waals surface area (Å²) in [6.07, 6.45) is 4.50. The first-order valence-electron chi connectivity index (χ1n) is 10.3. The average Bonchev–Trinajstić information content (AvgIpc) is 3.30. The first-order valence-corrected chi connectivity index (χ1v) is 11.8. The minimum atomic E-state index is -3.94. The summed E-state index contributed by atoms with van der Waals surface area (Å²) in [5, 5.41) is 0.582. The Morgan fingerprint density at radius 2 is 2.06 bits per heavy atom. The van der Waals surface area contributed by atoms with E-state index in [1.807, 2.05) is 18.3 Å². The van der Waals surface area contributed by atoms with Crippen molar-refractivity contribution >= 4 is 32.7 Å². The van der Waals surface area contributed by atoms with E-state index >= 15 is 0 Å². The predicted octanol–water partition coefficient (Wildman–Crippen LogP) is 1.54. The number of rotatable bonds is 7. The molecule has 166 valence electrons. The van der Waals surface area contributed by atoms with Gasteiger partial charge in [-0.3, -0.25) is 4.79 Å². The predicted molar refractivity (Wildman–Crippen MR) is 118 cm³/mol. The van der Waals surface area contributed by atoms with Crippen LogP contribution in [0.1, 0.15) is 12.8 Å². The van der Waals surface area contributed by atoms with Gasteiger partial charge in [0.05, 0.1) is 11.5 Å². The van der Waals surface area contributed by atoms with E-state index < -0.39 is 16.1 Å². The molecule has 3 heterocycles. The van der Waals surface area contributed by atoms with Crippen LogP contribution >= 0.6 is 0 Å². The van der Waals surface area contributed by atoms with E-state index in [0.29, 0.717) is 44.1 Å². The Morgan fingerprint density at radius 1 is 1.19 bits per heavy atom. The molecule has 2 aromatic heterocycles. The van der Waals surface area contributed by atoms with Crippen molar-refractivity contribution in [2.75, 3.05) is 32.0 Å². The van der Waals surface area contributed by atoms with Gasteiger partial charge in [-0.1, -0.05) is 6.07 Å². The number of carbonyl (C=O) groups is 1. The molecule has 1 saturated heterocycles. The fraction of sp³-hybridized carbons (Fsp3) is 0.381. The fourth-order valence-electron chi connectivity index (χ4n) is 3.86. The van der Waals surface area contributed by atoms with Crippen LogP contribution in [0.3, 0.4) is 0 Å². The largest absolute Gasteiger partial charge is 0.385 e. The molecule has 3 aromatic rings. The van der Waals surface area contributed by atoms with Crippen LogP contribution in [0.25, 0.3) is 10.9 Å². The van der Waals surface area contributed by atoms with E-state index in [0.717, 1.165) is 11.9 Å². The highest BCUT2D eigenvalue weighted by molar-refractivity contribution is 7.89. The number of H-pyrrole nitrogens is 1. The van der Waals surface area contributed by atoms with Crippen LogP contribution < -0.4 is 10.5 Å². The minimum absolute atomic E-state index is 0.142. The van der Waals surface area contributed by atoms with E-state index in [4.69, 9.17) is 10.5 Å². The first-order chi connectivity index (χ1) is 15.0.